The lowest BCUT2D eigenvalue weighted by molar-refractivity contribution is -0.116. The van der Waals surface area contributed by atoms with Crippen molar-refractivity contribution in [2.45, 2.75) is 6.54 Å². The Morgan fingerprint density at radius 3 is 2.67 bits per heavy atom. The SMILES string of the molecule is COc1ccc(NC(=O)Cn2cnc3scc(-c4ccccc4)c3c2=O)c(OC)c1. The minimum absolute atomic E-state index is 0.166. The molecule has 4 aromatic rings. The molecule has 2 aromatic carbocycles. The Hall–Kier alpha value is -3.65. The number of nitrogens with one attached hydrogen (secondary N) is 1. The van der Waals surface area contributed by atoms with E-state index in [0.717, 1.165) is 11.1 Å². The third-order valence-electron chi connectivity index (χ3n) is 4.64. The number of hydrogen-bond acceptors (Lipinski definition) is 6. The highest BCUT2D eigenvalue weighted by Crippen LogP contribution is 2.31. The van der Waals surface area contributed by atoms with Gasteiger partial charge in [0.1, 0.15) is 22.9 Å². The van der Waals surface area contributed by atoms with E-state index in [9.17, 15) is 9.59 Å². The number of aromatic nitrogens is 2. The van der Waals surface area contributed by atoms with Crippen LogP contribution >= 0.6 is 11.3 Å². The molecule has 0 bridgehead atoms. The molecule has 152 valence electrons. The van der Waals surface area contributed by atoms with Gasteiger partial charge in [0.2, 0.25) is 5.91 Å². The van der Waals surface area contributed by atoms with Gasteiger partial charge in [-0.2, -0.15) is 0 Å². The molecule has 0 radical (unpaired) electrons. The molecular weight excluding hydrogens is 402 g/mol. The first-order chi connectivity index (χ1) is 14.6. The van der Waals surface area contributed by atoms with Crippen LogP contribution in [-0.4, -0.2) is 29.7 Å². The Morgan fingerprint density at radius 1 is 1.13 bits per heavy atom. The van der Waals surface area contributed by atoms with E-state index in [1.54, 1.807) is 25.3 Å². The van der Waals surface area contributed by atoms with Crippen molar-refractivity contribution in [3.63, 3.8) is 0 Å². The first kappa shape index (κ1) is 19.7. The second kappa shape index (κ2) is 8.38. The minimum Gasteiger partial charge on any atom is -0.497 e. The average Bonchev–Trinajstić information content (AvgIpc) is 3.21. The van der Waals surface area contributed by atoms with Crippen molar-refractivity contribution >= 4 is 33.1 Å². The molecule has 0 atom stereocenters. The van der Waals surface area contributed by atoms with Gasteiger partial charge in [-0.3, -0.25) is 14.2 Å². The van der Waals surface area contributed by atoms with Crippen LogP contribution < -0.4 is 20.3 Å². The van der Waals surface area contributed by atoms with E-state index < -0.39 is 0 Å². The largest absolute Gasteiger partial charge is 0.497 e. The van der Waals surface area contributed by atoms with Crippen LogP contribution in [0.3, 0.4) is 0 Å². The van der Waals surface area contributed by atoms with Crippen LogP contribution in [0.4, 0.5) is 5.69 Å². The molecule has 1 amide bonds. The van der Waals surface area contributed by atoms with Crippen LogP contribution in [0, 0.1) is 0 Å². The fraction of sp³-hybridized carbons (Fsp3) is 0.136. The van der Waals surface area contributed by atoms with Crippen LogP contribution in [0.2, 0.25) is 0 Å². The zero-order chi connectivity index (χ0) is 21.1. The smallest absolute Gasteiger partial charge is 0.263 e. The van der Waals surface area contributed by atoms with Crippen LogP contribution in [0.1, 0.15) is 0 Å². The molecule has 0 fully saturated rings. The molecule has 7 nitrogen and oxygen atoms in total. The second-order valence-corrected chi connectivity index (χ2v) is 7.35. The van der Waals surface area contributed by atoms with E-state index in [1.807, 2.05) is 35.7 Å². The summed E-state index contributed by atoms with van der Waals surface area (Å²) < 4.78 is 11.8. The molecule has 8 heteroatoms. The van der Waals surface area contributed by atoms with Crippen molar-refractivity contribution in [3.05, 3.63) is 70.6 Å². The predicted molar refractivity (Wildman–Crippen MR) is 117 cm³/mol. The number of methoxy groups -OCH3 is 2. The molecule has 0 saturated carbocycles. The number of ether oxygens (including phenoxy) is 2. The van der Waals surface area contributed by atoms with Crippen molar-refractivity contribution in [1.29, 1.82) is 0 Å². The highest BCUT2D eigenvalue weighted by atomic mass is 32.1. The maximum Gasteiger partial charge on any atom is 0.263 e. The number of hydrogen-bond donors (Lipinski definition) is 1. The van der Waals surface area contributed by atoms with Gasteiger partial charge in [0.15, 0.2) is 0 Å². The van der Waals surface area contributed by atoms with Gasteiger partial charge in [-0.15, -0.1) is 11.3 Å². The summed E-state index contributed by atoms with van der Waals surface area (Å²) in [5.41, 5.74) is 2.00. The molecule has 0 saturated heterocycles. The molecule has 2 heterocycles. The van der Waals surface area contributed by atoms with Crippen molar-refractivity contribution in [2.75, 3.05) is 19.5 Å². The number of carbonyl (C=O) groups excluding carboxylic acids is 1. The molecule has 0 aliphatic heterocycles. The first-order valence-corrected chi connectivity index (χ1v) is 10.0. The summed E-state index contributed by atoms with van der Waals surface area (Å²) in [4.78, 5) is 30.7. The number of nitrogens with zero attached hydrogens (tertiary/aromatic N) is 2. The highest BCUT2D eigenvalue weighted by Gasteiger charge is 2.15. The Bertz CT molecular complexity index is 1260. The average molecular weight is 421 g/mol. The van der Waals surface area contributed by atoms with Gasteiger partial charge in [-0.1, -0.05) is 30.3 Å². The Balaban J connectivity index is 1.62. The normalized spacial score (nSPS) is 10.7. The fourth-order valence-electron chi connectivity index (χ4n) is 3.16. The molecular formula is C22H19N3O4S. The topological polar surface area (TPSA) is 82.5 Å². The summed E-state index contributed by atoms with van der Waals surface area (Å²) in [6.45, 7) is -0.166. The van der Waals surface area contributed by atoms with Gasteiger partial charge in [0.05, 0.1) is 31.6 Å². The number of amides is 1. The Morgan fingerprint density at radius 2 is 1.93 bits per heavy atom. The van der Waals surface area contributed by atoms with E-state index in [0.29, 0.717) is 27.4 Å². The van der Waals surface area contributed by atoms with Crippen molar-refractivity contribution in [1.82, 2.24) is 9.55 Å². The van der Waals surface area contributed by atoms with Crippen LogP contribution in [0.5, 0.6) is 11.5 Å². The van der Waals surface area contributed by atoms with Gasteiger partial charge in [-0.05, 0) is 17.7 Å². The summed E-state index contributed by atoms with van der Waals surface area (Å²) in [6.07, 6.45) is 1.40. The van der Waals surface area contributed by atoms with E-state index >= 15 is 0 Å². The van der Waals surface area contributed by atoms with Crippen molar-refractivity contribution < 1.29 is 14.3 Å². The van der Waals surface area contributed by atoms with Crippen molar-refractivity contribution in [3.8, 4) is 22.6 Å². The zero-order valence-corrected chi connectivity index (χ0v) is 17.2. The summed E-state index contributed by atoms with van der Waals surface area (Å²) in [7, 11) is 3.06. The van der Waals surface area contributed by atoms with E-state index in [2.05, 4.69) is 10.3 Å². The molecule has 0 spiro atoms. The standard InChI is InChI=1S/C22H19N3O4S/c1-28-15-8-9-17(18(10-15)29-2)24-19(26)11-25-13-23-21-20(22(25)27)16(12-30-21)14-6-4-3-5-7-14/h3-10,12-13H,11H2,1-2H3,(H,24,26). The number of rotatable bonds is 6. The predicted octanol–water partition coefficient (Wildman–Crippen LogP) is 3.78. The maximum atomic E-state index is 13.1. The molecule has 1 N–H and O–H groups in total. The molecule has 0 aliphatic rings. The zero-order valence-electron chi connectivity index (χ0n) is 16.4. The lowest BCUT2D eigenvalue weighted by Gasteiger charge is -2.12. The quantitative estimate of drug-likeness (QED) is 0.512. The summed E-state index contributed by atoms with van der Waals surface area (Å²) in [5.74, 6) is 0.715. The van der Waals surface area contributed by atoms with Crippen LogP contribution in [0.25, 0.3) is 21.3 Å². The van der Waals surface area contributed by atoms with Gasteiger partial charge < -0.3 is 14.8 Å². The second-order valence-electron chi connectivity index (χ2n) is 6.49. The molecule has 30 heavy (non-hydrogen) atoms. The number of anilines is 1. The fourth-order valence-corrected chi connectivity index (χ4v) is 4.06. The van der Waals surface area contributed by atoms with E-state index in [1.165, 1.54) is 29.3 Å². The monoisotopic (exact) mass is 421 g/mol. The van der Waals surface area contributed by atoms with Gasteiger partial charge >= 0.3 is 0 Å². The molecule has 2 aromatic heterocycles. The van der Waals surface area contributed by atoms with Gasteiger partial charge in [0, 0.05) is 17.0 Å². The third kappa shape index (κ3) is 3.77. The first-order valence-electron chi connectivity index (χ1n) is 9.14. The highest BCUT2D eigenvalue weighted by molar-refractivity contribution is 7.17. The summed E-state index contributed by atoms with van der Waals surface area (Å²) >= 11 is 1.41. The summed E-state index contributed by atoms with van der Waals surface area (Å²) in [6, 6.07) is 14.7. The molecule has 4 rings (SSSR count). The molecule has 0 unspecified atom stereocenters. The van der Waals surface area contributed by atoms with Crippen molar-refractivity contribution in [2.24, 2.45) is 0 Å². The summed E-state index contributed by atoms with van der Waals surface area (Å²) in [5, 5.41) is 5.21. The number of fused-ring (bicyclic) bond motifs is 1. The van der Waals surface area contributed by atoms with Crippen LogP contribution in [0.15, 0.2) is 65.0 Å². The Kier molecular flexibility index (Phi) is 5.49. The maximum absolute atomic E-state index is 13.1. The number of thiophene rings is 1. The van der Waals surface area contributed by atoms with Gasteiger partial charge in [0.25, 0.3) is 5.56 Å². The van der Waals surface area contributed by atoms with Crippen LogP contribution in [-0.2, 0) is 11.3 Å². The minimum atomic E-state index is -0.363. The third-order valence-corrected chi connectivity index (χ3v) is 5.53. The lowest BCUT2D eigenvalue weighted by Crippen LogP contribution is -2.27. The van der Waals surface area contributed by atoms with E-state index in [-0.39, 0.29) is 18.0 Å². The number of carbonyl (C=O) groups is 1. The number of benzene rings is 2. The lowest BCUT2D eigenvalue weighted by atomic mass is 10.1. The van der Waals surface area contributed by atoms with Gasteiger partial charge in [-0.25, -0.2) is 4.98 Å². The van der Waals surface area contributed by atoms with E-state index in [4.69, 9.17) is 9.47 Å². The Labute approximate surface area is 176 Å². The molecule has 0 aliphatic carbocycles.